The van der Waals surface area contributed by atoms with Gasteiger partial charge in [0.25, 0.3) is 11.8 Å². The van der Waals surface area contributed by atoms with E-state index in [2.05, 4.69) is 15.6 Å². The number of aromatic nitrogens is 2. The fourth-order valence-corrected chi connectivity index (χ4v) is 4.51. The van der Waals surface area contributed by atoms with Crippen LogP contribution < -0.4 is 10.6 Å². The Morgan fingerprint density at radius 3 is 2.41 bits per heavy atom. The number of rotatable bonds is 10. The Morgan fingerprint density at radius 2 is 1.78 bits per heavy atom. The molecule has 0 unspecified atom stereocenters. The molecule has 0 saturated carbocycles. The van der Waals surface area contributed by atoms with E-state index in [1.807, 2.05) is 6.92 Å². The molecule has 0 aliphatic carbocycles. The Labute approximate surface area is 243 Å². The Bertz CT molecular complexity index is 1460. The molecule has 0 aliphatic rings. The zero-order chi connectivity index (χ0) is 30.5. The van der Waals surface area contributed by atoms with Gasteiger partial charge in [-0.15, -0.1) is 0 Å². The van der Waals surface area contributed by atoms with Crippen molar-refractivity contribution in [2.24, 2.45) is 0 Å². The molecule has 3 N–H and O–H groups in total. The minimum atomic E-state index is -1.15. The lowest BCUT2D eigenvalue weighted by molar-refractivity contribution is 0.0525. The number of anilines is 1. The van der Waals surface area contributed by atoms with Crippen molar-refractivity contribution in [3.63, 3.8) is 0 Å². The van der Waals surface area contributed by atoms with E-state index in [4.69, 9.17) is 16.3 Å². The second-order valence-corrected chi connectivity index (χ2v) is 11.3. The maximum atomic E-state index is 13.2. The van der Waals surface area contributed by atoms with E-state index in [-0.39, 0.29) is 39.6 Å². The standard InChI is InChI=1S/C29H36ClN5O6/c1-17(10-7-8-15-31-28(40)41-29(2,3)4)35-23-21(14-13-20(30)22(23)25(37)34(5)6)32-27(35)33-24(36)18-11-9-12-19(16-18)26(38)39/h9,11-14,16-17H,7-8,10,15H2,1-6H3,(H,31,40)(H,38,39)(H,32,33,36)/t17-/m1/s1. The number of nitrogens with one attached hydrogen (secondary N) is 2. The molecule has 0 bridgehead atoms. The van der Waals surface area contributed by atoms with Crippen LogP contribution in [0.25, 0.3) is 11.0 Å². The van der Waals surface area contributed by atoms with Gasteiger partial charge in [-0.1, -0.05) is 17.7 Å². The van der Waals surface area contributed by atoms with Crippen molar-refractivity contribution >= 4 is 52.5 Å². The summed E-state index contributed by atoms with van der Waals surface area (Å²) in [5.41, 5.74) is 0.739. The largest absolute Gasteiger partial charge is 0.478 e. The summed E-state index contributed by atoms with van der Waals surface area (Å²) in [5.74, 6) is -1.82. The van der Waals surface area contributed by atoms with E-state index in [1.54, 1.807) is 51.6 Å². The minimum Gasteiger partial charge on any atom is -0.478 e. The average Bonchev–Trinajstić information content (AvgIpc) is 3.24. The Balaban J connectivity index is 1.92. The molecular formula is C29H36ClN5O6. The smallest absolute Gasteiger partial charge is 0.407 e. The van der Waals surface area contributed by atoms with Crippen molar-refractivity contribution in [2.45, 2.75) is 58.6 Å². The van der Waals surface area contributed by atoms with Gasteiger partial charge in [0.15, 0.2) is 0 Å². The summed E-state index contributed by atoms with van der Waals surface area (Å²) in [6.07, 6.45) is 1.53. The van der Waals surface area contributed by atoms with E-state index in [9.17, 15) is 24.3 Å². The number of imidazole rings is 1. The van der Waals surface area contributed by atoms with Crippen molar-refractivity contribution in [3.8, 4) is 0 Å². The molecule has 1 aromatic heterocycles. The number of benzene rings is 2. The minimum absolute atomic E-state index is 0.0230. The summed E-state index contributed by atoms with van der Waals surface area (Å²) < 4.78 is 7.04. The van der Waals surface area contributed by atoms with Crippen molar-refractivity contribution in [1.29, 1.82) is 0 Å². The van der Waals surface area contributed by atoms with E-state index in [0.717, 1.165) is 0 Å². The van der Waals surface area contributed by atoms with Crippen molar-refractivity contribution in [1.82, 2.24) is 19.8 Å². The number of unbranched alkanes of at least 4 members (excludes halogenated alkanes) is 1. The van der Waals surface area contributed by atoms with Crippen molar-refractivity contribution < 1.29 is 29.0 Å². The number of ether oxygens (including phenoxy) is 1. The van der Waals surface area contributed by atoms with Gasteiger partial charge in [-0.2, -0.15) is 0 Å². The molecule has 41 heavy (non-hydrogen) atoms. The highest BCUT2D eigenvalue weighted by atomic mass is 35.5. The van der Waals surface area contributed by atoms with Crippen LogP contribution in [0.1, 0.15) is 84.1 Å². The maximum absolute atomic E-state index is 13.2. The van der Waals surface area contributed by atoms with Crippen LogP contribution in [-0.4, -0.2) is 69.7 Å². The molecule has 3 rings (SSSR count). The van der Waals surface area contributed by atoms with Gasteiger partial charge in [-0.05, 0) is 77.3 Å². The molecular weight excluding hydrogens is 550 g/mol. The van der Waals surface area contributed by atoms with Crippen LogP contribution in [0, 0.1) is 0 Å². The van der Waals surface area contributed by atoms with Gasteiger partial charge >= 0.3 is 12.1 Å². The number of carboxylic acid groups (broad SMARTS) is 1. The summed E-state index contributed by atoms with van der Waals surface area (Å²) in [4.78, 5) is 55.7. The van der Waals surface area contributed by atoms with Gasteiger partial charge in [0.1, 0.15) is 5.60 Å². The Hall–Kier alpha value is -4.12. The number of halogens is 1. The molecule has 3 amide bonds. The Morgan fingerprint density at radius 1 is 1.10 bits per heavy atom. The second kappa shape index (κ2) is 13.0. The third-order valence-electron chi connectivity index (χ3n) is 6.18. The summed E-state index contributed by atoms with van der Waals surface area (Å²) in [7, 11) is 3.24. The highest BCUT2D eigenvalue weighted by Crippen LogP contribution is 2.34. The van der Waals surface area contributed by atoms with Gasteiger partial charge in [0.2, 0.25) is 5.95 Å². The molecule has 0 fully saturated rings. The molecule has 220 valence electrons. The van der Waals surface area contributed by atoms with E-state index in [0.29, 0.717) is 36.8 Å². The van der Waals surface area contributed by atoms with Gasteiger partial charge in [-0.25, -0.2) is 14.6 Å². The summed E-state index contributed by atoms with van der Waals surface area (Å²) in [6, 6.07) is 8.70. The molecule has 2 aromatic carbocycles. The van der Waals surface area contributed by atoms with Crippen molar-refractivity contribution in [3.05, 3.63) is 58.1 Å². The molecule has 1 atom stereocenters. The quantitative estimate of drug-likeness (QED) is 0.263. The fraction of sp³-hybridized carbons (Fsp3) is 0.414. The molecule has 0 saturated heterocycles. The maximum Gasteiger partial charge on any atom is 0.407 e. The first-order chi connectivity index (χ1) is 19.2. The number of carbonyl (C=O) groups is 4. The lowest BCUT2D eigenvalue weighted by atomic mass is 10.1. The lowest BCUT2D eigenvalue weighted by Gasteiger charge is -2.21. The number of fused-ring (bicyclic) bond motifs is 1. The van der Waals surface area contributed by atoms with Crippen LogP contribution in [0.15, 0.2) is 36.4 Å². The van der Waals surface area contributed by atoms with E-state index >= 15 is 0 Å². The number of alkyl carbamates (subject to hydrolysis) is 1. The van der Waals surface area contributed by atoms with E-state index in [1.165, 1.54) is 29.2 Å². The SMILES string of the molecule is C[C@H](CCCCNC(=O)OC(C)(C)C)n1c(NC(=O)c2cccc(C(=O)O)c2)nc2ccc(Cl)c(C(=O)N(C)C)c21. The van der Waals surface area contributed by atoms with Gasteiger partial charge in [0, 0.05) is 32.2 Å². The third-order valence-corrected chi connectivity index (χ3v) is 6.49. The normalized spacial score (nSPS) is 12.1. The summed E-state index contributed by atoms with van der Waals surface area (Å²) >= 11 is 6.51. The van der Waals surface area contributed by atoms with Gasteiger partial charge < -0.3 is 24.6 Å². The van der Waals surface area contributed by atoms with Crippen molar-refractivity contribution in [2.75, 3.05) is 26.0 Å². The first-order valence-electron chi connectivity index (χ1n) is 13.2. The zero-order valence-electron chi connectivity index (χ0n) is 24.1. The number of hydrogen-bond donors (Lipinski definition) is 3. The molecule has 3 aromatic rings. The number of aromatic carboxylic acids is 1. The van der Waals surface area contributed by atoms with Gasteiger partial charge in [0.05, 0.1) is 27.2 Å². The molecule has 1 heterocycles. The Kier molecular flexibility index (Phi) is 9.98. The highest BCUT2D eigenvalue weighted by molar-refractivity contribution is 6.35. The van der Waals surface area contributed by atoms with E-state index < -0.39 is 23.6 Å². The third kappa shape index (κ3) is 7.97. The van der Waals surface area contributed by atoms with Crippen LogP contribution in [0.5, 0.6) is 0 Å². The highest BCUT2D eigenvalue weighted by Gasteiger charge is 2.26. The molecule has 12 heteroatoms. The van der Waals surface area contributed by atoms with Crippen LogP contribution in [0.4, 0.5) is 10.7 Å². The number of carboxylic acids is 1. The lowest BCUT2D eigenvalue weighted by Crippen LogP contribution is -2.33. The average molecular weight is 586 g/mol. The zero-order valence-corrected chi connectivity index (χ0v) is 24.8. The topological polar surface area (TPSA) is 143 Å². The van der Waals surface area contributed by atoms with Crippen LogP contribution >= 0.6 is 11.6 Å². The van der Waals surface area contributed by atoms with Crippen LogP contribution in [0.2, 0.25) is 5.02 Å². The number of nitrogens with zero attached hydrogens (tertiary/aromatic N) is 3. The molecule has 0 aliphatic heterocycles. The van der Waals surface area contributed by atoms with Crippen LogP contribution in [-0.2, 0) is 4.74 Å². The number of amides is 3. The first-order valence-corrected chi connectivity index (χ1v) is 13.6. The summed E-state index contributed by atoms with van der Waals surface area (Å²) in [5, 5.41) is 15.1. The number of carbonyl (C=O) groups excluding carboxylic acids is 3. The molecule has 0 spiro atoms. The predicted molar refractivity (Wildman–Crippen MR) is 157 cm³/mol. The monoisotopic (exact) mass is 585 g/mol. The molecule has 11 nitrogen and oxygen atoms in total. The fourth-order valence-electron chi connectivity index (χ4n) is 4.27. The summed E-state index contributed by atoms with van der Waals surface area (Å²) in [6.45, 7) is 7.75. The number of hydrogen-bond acceptors (Lipinski definition) is 6. The predicted octanol–water partition coefficient (Wildman–Crippen LogP) is 5.60. The van der Waals surface area contributed by atoms with Gasteiger partial charge in [-0.3, -0.25) is 14.9 Å². The first kappa shape index (κ1) is 31.4. The molecule has 0 radical (unpaired) electrons. The second-order valence-electron chi connectivity index (χ2n) is 10.9. The van der Waals surface area contributed by atoms with Crippen LogP contribution in [0.3, 0.4) is 0 Å².